The van der Waals surface area contributed by atoms with Gasteiger partial charge in [-0.15, -0.1) is 0 Å². The molecule has 0 amide bonds. The van der Waals surface area contributed by atoms with Crippen molar-refractivity contribution in [1.82, 2.24) is 4.90 Å². The molecule has 1 aromatic rings. The predicted molar refractivity (Wildman–Crippen MR) is 97.0 cm³/mol. The van der Waals surface area contributed by atoms with E-state index in [2.05, 4.69) is 29.1 Å². The molecule has 1 aromatic carbocycles. The average Bonchev–Trinajstić information content (AvgIpc) is 3.38. The quantitative estimate of drug-likeness (QED) is 0.618. The summed E-state index contributed by atoms with van der Waals surface area (Å²) < 4.78 is 11.3. The fraction of sp³-hybridized carbons (Fsp3) is 0.611. The summed E-state index contributed by atoms with van der Waals surface area (Å²) in [5.41, 5.74) is 6.88. The lowest BCUT2D eigenvalue weighted by molar-refractivity contribution is 0.218. The van der Waals surface area contributed by atoms with Gasteiger partial charge in [0.25, 0.3) is 0 Å². The summed E-state index contributed by atoms with van der Waals surface area (Å²) in [5, 5.41) is 3.13. The van der Waals surface area contributed by atoms with Gasteiger partial charge in [-0.3, -0.25) is 9.89 Å². The Labute approximate surface area is 144 Å². The lowest BCUT2D eigenvalue weighted by Crippen LogP contribution is -2.35. The van der Waals surface area contributed by atoms with E-state index >= 15 is 0 Å². The Morgan fingerprint density at radius 3 is 2.75 bits per heavy atom. The molecule has 0 spiro atoms. The molecule has 3 rings (SSSR count). The van der Waals surface area contributed by atoms with Gasteiger partial charge >= 0.3 is 0 Å². The number of nitrogens with two attached hydrogens (primary N) is 1. The third-order valence-corrected chi connectivity index (χ3v) is 4.34. The standard InChI is InChI=1S/C18H28N4O2/c1-13(2)22(15-5-6-15)9-8-20-18(19)21-14-4-7-16-17(12-14)24-11-3-10-23-16/h4,7,12-13,15H,3,5-6,8-11H2,1-2H3,(H3,19,20,21). The van der Waals surface area contributed by atoms with Gasteiger partial charge < -0.3 is 20.5 Å². The maximum absolute atomic E-state index is 6.02. The normalized spacial score (nSPS) is 17.9. The molecule has 1 fully saturated rings. The molecule has 1 heterocycles. The summed E-state index contributed by atoms with van der Waals surface area (Å²) in [7, 11) is 0. The summed E-state index contributed by atoms with van der Waals surface area (Å²) in [5.74, 6) is 1.97. The molecule has 132 valence electrons. The van der Waals surface area contributed by atoms with Crippen molar-refractivity contribution in [3.8, 4) is 11.5 Å². The highest BCUT2D eigenvalue weighted by Crippen LogP contribution is 2.32. The van der Waals surface area contributed by atoms with Crippen LogP contribution in [0.3, 0.4) is 0 Å². The number of anilines is 1. The Bertz CT molecular complexity index is 582. The van der Waals surface area contributed by atoms with Gasteiger partial charge in [0, 0.05) is 36.8 Å². The van der Waals surface area contributed by atoms with Crippen molar-refractivity contribution >= 4 is 11.6 Å². The highest BCUT2D eigenvalue weighted by atomic mass is 16.5. The van der Waals surface area contributed by atoms with Crippen molar-refractivity contribution < 1.29 is 9.47 Å². The monoisotopic (exact) mass is 332 g/mol. The van der Waals surface area contributed by atoms with Crippen LogP contribution in [0.25, 0.3) is 0 Å². The van der Waals surface area contributed by atoms with E-state index < -0.39 is 0 Å². The maximum atomic E-state index is 6.02. The van der Waals surface area contributed by atoms with Crippen LogP contribution in [0, 0.1) is 0 Å². The highest BCUT2D eigenvalue weighted by Gasteiger charge is 2.29. The number of fused-ring (bicyclic) bond motifs is 1. The number of hydrogen-bond acceptors (Lipinski definition) is 4. The van der Waals surface area contributed by atoms with Crippen LogP contribution in [0.4, 0.5) is 5.69 Å². The summed E-state index contributed by atoms with van der Waals surface area (Å²) in [6, 6.07) is 7.05. The first-order valence-electron chi connectivity index (χ1n) is 8.86. The van der Waals surface area contributed by atoms with Crippen LogP contribution in [0.1, 0.15) is 33.1 Å². The molecule has 0 aromatic heterocycles. The van der Waals surface area contributed by atoms with E-state index in [0.717, 1.165) is 36.2 Å². The molecule has 6 heteroatoms. The van der Waals surface area contributed by atoms with E-state index in [1.54, 1.807) is 0 Å². The minimum Gasteiger partial charge on any atom is -0.490 e. The van der Waals surface area contributed by atoms with Crippen LogP contribution in [0.2, 0.25) is 0 Å². The van der Waals surface area contributed by atoms with Gasteiger partial charge in [-0.25, -0.2) is 0 Å². The number of nitrogens with zero attached hydrogens (tertiary/aromatic N) is 2. The van der Waals surface area contributed by atoms with Gasteiger partial charge in [0.1, 0.15) is 0 Å². The van der Waals surface area contributed by atoms with Crippen LogP contribution in [-0.4, -0.2) is 49.2 Å². The zero-order valence-corrected chi connectivity index (χ0v) is 14.6. The fourth-order valence-electron chi connectivity index (χ4n) is 2.98. The van der Waals surface area contributed by atoms with Crippen LogP contribution < -0.4 is 20.5 Å². The van der Waals surface area contributed by atoms with E-state index in [1.807, 2.05) is 18.2 Å². The number of rotatable bonds is 6. The number of benzene rings is 1. The molecule has 1 aliphatic heterocycles. The molecule has 0 bridgehead atoms. The Kier molecular flexibility index (Phi) is 5.45. The Morgan fingerprint density at radius 2 is 2.04 bits per heavy atom. The van der Waals surface area contributed by atoms with Crippen molar-refractivity contribution in [3.05, 3.63) is 18.2 Å². The minimum absolute atomic E-state index is 0.434. The largest absolute Gasteiger partial charge is 0.490 e. The number of ether oxygens (including phenoxy) is 2. The van der Waals surface area contributed by atoms with E-state index in [9.17, 15) is 0 Å². The summed E-state index contributed by atoms with van der Waals surface area (Å²) in [6.45, 7) is 7.50. The van der Waals surface area contributed by atoms with E-state index in [4.69, 9.17) is 15.2 Å². The Balaban J connectivity index is 1.54. The van der Waals surface area contributed by atoms with Crippen molar-refractivity contribution in [3.63, 3.8) is 0 Å². The van der Waals surface area contributed by atoms with E-state index in [1.165, 1.54) is 12.8 Å². The number of guanidine groups is 1. The number of nitrogens with one attached hydrogen (secondary N) is 1. The Hall–Kier alpha value is -1.95. The lowest BCUT2D eigenvalue weighted by atomic mass is 10.3. The lowest BCUT2D eigenvalue weighted by Gasteiger charge is -2.25. The summed E-state index contributed by atoms with van der Waals surface area (Å²) >= 11 is 0. The number of hydrogen-bond donors (Lipinski definition) is 2. The molecule has 1 aliphatic carbocycles. The average molecular weight is 332 g/mol. The molecule has 6 nitrogen and oxygen atoms in total. The van der Waals surface area contributed by atoms with Gasteiger partial charge in [0.05, 0.1) is 19.8 Å². The van der Waals surface area contributed by atoms with Crippen molar-refractivity contribution in [2.24, 2.45) is 10.7 Å². The SMILES string of the molecule is CC(C)N(CCN=C(N)Nc1ccc2c(c1)OCCCO2)C1CC1. The topological polar surface area (TPSA) is 72.1 Å². The zero-order chi connectivity index (χ0) is 16.9. The van der Waals surface area contributed by atoms with Gasteiger partial charge in [0.2, 0.25) is 0 Å². The molecule has 0 atom stereocenters. The minimum atomic E-state index is 0.434. The summed E-state index contributed by atoms with van der Waals surface area (Å²) in [6.07, 6.45) is 3.52. The summed E-state index contributed by atoms with van der Waals surface area (Å²) in [4.78, 5) is 6.96. The molecule has 3 N–H and O–H groups in total. The van der Waals surface area contributed by atoms with Gasteiger partial charge in [-0.05, 0) is 38.8 Å². The van der Waals surface area contributed by atoms with Crippen LogP contribution >= 0.6 is 0 Å². The number of aliphatic imine (C=N–C) groups is 1. The fourth-order valence-corrected chi connectivity index (χ4v) is 2.98. The van der Waals surface area contributed by atoms with Crippen molar-refractivity contribution in [2.45, 2.75) is 45.2 Å². The molecular weight excluding hydrogens is 304 g/mol. The van der Waals surface area contributed by atoms with Crippen LogP contribution in [-0.2, 0) is 0 Å². The third-order valence-electron chi connectivity index (χ3n) is 4.34. The maximum Gasteiger partial charge on any atom is 0.193 e. The second kappa shape index (κ2) is 7.75. The molecule has 0 unspecified atom stereocenters. The first-order chi connectivity index (χ1) is 11.6. The molecule has 0 saturated heterocycles. The van der Waals surface area contributed by atoms with Gasteiger partial charge in [-0.2, -0.15) is 0 Å². The van der Waals surface area contributed by atoms with E-state index in [-0.39, 0.29) is 0 Å². The second-order valence-corrected chi connectivity index (χ2v) is 6.67. The van der Waals surface area contributed by atoms with Gasteiger partial charge in [0.15, 0.2) is 17.5 Å². The smallest absolute Gasteiger partial charge is 0.193 e. The highest BCUT2D eigenvalue weighted by molar-refractivity contribution is 5.92. The zero-order valence-electron chi connectivity index (χ0n) is 14.6. The molecule has 0 radical (unpaired) electrons. The van der Waals surface area contributed by atoms with Gasteiger partial charge in [-0.1, -0.05) is 0 Å². The third kappa shape index (κ3) is 4.54. The first kappa shape index (κ1) is 16.9. The molecule has 2 aliphatic rings. The van der Waals surface area contributed by atoms with Crippen LogP contribution in [0.15, 0.2) is 23.2 Å². The first-order valence-corrected chi connectivity index (χ1v) is 8.86. The molecule has 1 saturated carbocycles. The van der Waals surface area contributed by atoms with Crippen molar-refractivity contribution in [2.75, 3.05) is 31.6 Å². The predicted octanol–water partition coefficient (Wildman–Crippen LogP) is 2.45. The van der Waals surface area contributed by atoms with Crippen molar-refractivity contribution in [1.29, 1.82) is 0 Å². The molecular formula is C18H28N4O2. The molecule has 24 heavy (non-hydrogen) atoms. The van der Waals surface area contributed by atoms with Crippen LogP contribution in [0.5, 0.6) is 11.5 Å². The Morgan fingerprint density at radius 1 is 1.29 bits per heavy atom. The second-order valence-electron chi connectivity index (χ2n) is 6.67. The van der Waals surface area contributed by atoms with E-state index in [0.29, 0.717) is 31.8 Å².